The zero-order valence-corrected chi connectivity index (χ0v) is 14.2. The first-order valence-corrected chi connectivity index (χ1v) is 9.29. The molecule has 0 aromatic rings. The predicted octanol–water partition coefficient (Wildman–Crippen LogP) is 5.35. The zero-order valence-electron chi connectivity index (χ0n) is 14.2. The quantitative estimate of drug-likeness (QED) is 0.591. The fraction of sp³-hybridized carbons (Fsp3) is 0.900. The van der Waals surface area contributed by atoms with Gasteiger partial charge in [-0.3, -0.25) is 0 Å². The molecule has 21 heavy (non-hydrogen) atoms. The number of rotatable bonds is 1. The van der Waals surface area contributed by atoms with Gasteiger partial charge in [0.15, 0.2) is 0 Å². The topological polar surface area (TPSA) is 9.23 Å². The molecule has 0 N–H and O–H groups in total. The average Bonchev–Trinajstić information content (AvgIpc) is 2.88. The fourth-order valence-corrected chi connectivity index (χ4v) is 6.82. The normalized spacial score (nSPS) is 52.6. The van der Waals surface area contributed by atoms with Crippen molar-refractivity contribution in [2.24, 2.45) is 28.6 Å². The molecule has 0 amide bonds. The minimum absolute atomic E-state index is 0.487. The van der Waals surface area contributed by atoms with Crippen molar-refractivity contribution in [2.45, 2.75) is 77.7 Å². The summed E-state index contributed by atoms with van der Waals surface area (Å²) in [5.41, 5.74) is 2.94. The molecule has 1 nitrogen and oxygen atoms in total. The van der Waals surface area contributed by atoms with Gasteiger partial charge in [-0.15, -0.1) is 0 Å². The summed E-state index contributed by atoms with van der Waals surface area (Å²) in [5.74, 6) is 2.97. The Labute approximate surface area is 130 Å². The maximum atomic E-state index is 5.67. The van der Waals surface area contributed by atoms with E-state index < -0.39 is 0 Å². The van der Waals surface area contributed by atoms with Gasteiger partial charge in [-0.1, -0.05) is 31.9 Å². The summed E-state index contributed by atoms with van der Waals surface area (Å²) in [6.07, 6.45) is 15.8. The van der Waals surface area contributed by atoms with Gasteiger partial charge in [0.1, 0.15) is 0 Å². The van der Waals surface area contributed by atoms with Crippen LogP contribution in [0.1, 0.15) is 71.6 Å². The number of hydrogen-bond donors (Lipinski definition) is 0. The first-order valence-electron chi connectivity index (χ1n) is 9.29. The van der Waals surface area contributed by atoms with Crippen molar-refractivity contribution in [3.63, 3.8) is 0 Å². The molecule has 0 saturated heterocycles. The molecule has 4 aliphatic rings. The van der Waals surface area contributed by atoms with Crippen LogP contribution in [-0.2, 0) is 4.74 Å². The van der Waals surface area contributed by atoms with Gasteiger partial charge in [0.05, 0.1) is 6.10 Å². The van der Waals surface area contributed by atoms with Crippen LogP contribution in [0.3, 0.4) is 0 Å². The first-order chi connectivity index (χ1) is 10.1. The molecule has 0 aliphatic heterocycles. The average molecular weight is 288 g/mol. The monoisotopic (exact) mass is 288 g/mol. The standard InChI is InChI=1S/C20H32O/c1-19-10-4-5-17(19)16-7-6-14-13-15(21-3)8-12-20(14,2)18(16)9-11-19/h6,15-18H,4-5,7-13H2,1-3H3/t15?,16-,17-,18-,19-,20-/m0/s1. The summed E-state index contributed by atoms with van der Waals surface area (Å²) in [6, 6.07) is 0. The highest BCUT2D eigenvalue weighted by Gasteiger charge is 2.55. The summed E-state index contributed by atoms with van der Waals surface area (Å²) < 4.78 is 5.67. The first kappa shape index (κ1) is 14.3. The van der Waals surface area contributed by atoms with Crippen LogP contribution < -0.4 is 0 Å². The molecule has 0 aromatic carbocycles. The van der Waals surface area contributed by atoms with Gasteiger partial charge in [0.2, 0.25) is 0 Å². The van der Waals surface area contributed by atoms with E-state index in [-0.39, 0.29) is 0 Å². The molecule has 3 saturated carbocycles. The van der Waals surface area contributed by atoms with E-state index >= 15 is 0 Å². The third-order valence-corrected chi connectivity index (χ3v) is 8.17. The maximum absolute atomic E-state index is 5.67. The summed E-state index contributed by atoms with van der Waals surface area (Å²) in [7, 11) is 1.89. The second-order valence-corrected chi connectivity index (χ2v) is 8.94. The van der Waals surface area contributed by atoms with Crippen LogP contribution in [0.15, 0.2) is 11.6 Å². The molecule has 0 aromatic heterocycles. The lowest BCUT2D eigenvalue weighted by atomic mass is 9.48. The lowest BCUT2D eigenvalue weighted by Gasteiger charge is -2.57. The Morgan fingerprint density at radius 3 is 2.71 bits per heavy atom. The number of ether oxygens (including phenoxy) is 1. The SMILES string of the molecule is COC1CC[C@@]2(C)C(=CC[C@H]3[C@@H]4CCC[C@@]4(C)CC[C@@H]32)C1. The van der Waals surface area contributed by atoms with Crippen LogP contribution in [-0.4, -0.2) is 13.2 Å². The molecule has 4 aliphatic carbocycles. The second-order valence-electron chi connectivity index (χ2n) is 8.94. The molecule has 6 atom stereocenters. The minimum Gasteiger partial charge on any atom is -0.381 e. The Kier molecular flexibility index (Phi) is 3.30. The highest BCUT2D eigenvalue weighted by Crippen LogP contribution is 2.64. The van der Waals surface area contributed by atoms with E-state index in [0.29, 0.717) is 16.9 Å². The number of allylic oxidation sites excluding steroid dienone is 1. The van der Waals surface area contributed by atoms with Crippen LogP contribution in [0.2, 0.25) is 0 Å². The van der Waals surface area contributed by atoms with Crippen LogP contribution in [0.4, 0.5) is 0 Å². The number of methoxy groups -OCH3 is 1. The number of fused-ring (bicyclic) bond motifs is 5. The van der Waals surface area contributed by atoms with E-state index in [2.05, 4.69) is 19.9 Å². The molecular weight excluding hydrogens is 256 g/mol. The van der Waals surface area contributed by atoms with Crippen LogP contribution in [0.25, 0.3) is 0 Å². The van der Waals surface area contributed by atoms with Gasteiger partial charge >= 0.3 is 0 Å². The molecule has 0 radical (unpaired) electrons. The zero-order chi connectivity index (χ0) is 14.7. The summed E-state index contributed by atoms with van der Waals surface area (Å²) >= 11 is 0. The van der Waals surface area contributed by atoms with Crippen molar-refractivity contribution in [1.82, 2.24) is 0 Å². The van der Waals surface area contributed by atoms with E-state index in [9.17, 15) is 0 Å². The summed E-state index contributed by atoms with van der Waals surface area (Å²) in [6.45, 7) is 5.20. The van der Waals surface area contributed by atoms with Crippen molar-refractivity contribution in [3.8, 4) is 0 Å². The van der Waals surface area contributed by atoms with Gasteiger partial charge in [0, 0.05) is 7.11 Å². The smallest absolute Gasteiger partial charge is 0.0608 e. The van der Waals surface area contributed by atoms with Gasteiger partial charge in [-0.05, 0) is 80.0 Å². The molecule has 3 fully saturated rings. The van der Waals surface area contributed by atoms with Crippen LogP contribution >= 0.6 is 0 Å². The third-order valence-electron chi connectivity index (χ3n) is 8.17. The fourth-order valence-electron chi connectivity index (χ4n) is 6.82. The molecular formula is C20H32O. The molecule has 4 rings (SSSR count). The Morgan fingerprint density at radius 1 is 1.05 bits per heavy atom. The Morgan fingerprint density at radius 2 is 1.90 bits per heavy atom. The lowest BCUT2D eigenvalue weighted by molar-refractivity contribution is -0.0409. The van der Waals surface area contributed by atoms with Gasteiger partial charge in [0.25, 0.3) is 0 Å². The molecule has 1 unspecified atom stereocenters. The Bertz CT molecular complexity index is 453. The highest BCUT2D eigenvalue weighted by molar-refractivity contribution is 5.25. The van der Waals surface area contributed by atoms with E-state index in [1.54, 1.807) is 5.57 Å². The number of hydrogen-bond acceptors (Lipinski definition) is 1. The summed E-state index contributed by atoms with van der Waals surface area (Å²) in [5, 5.41) is 0. The lowest BCUT2D eigenvalue weighted by Crippen LogP contribution is -2.49. The van der Waals surface area contributed by atoms with Crippen LogP contribution in [0, 0.1) is 28.6 Å². The Balaban J connectivity index is 1.64. The van der Waals surface area contributed by atoms with E-state index in [1.165, 1.54) is 57.8 Å². The largest absolute Gasteiger partial charge is 0.381 e. The van der Waals surface area contributed by atoms with Crippen LogP contribution in [0.5, 0.6) is 0 Å². The Hall–Kier alpha value is -0.300. The molecule has 0 bridgehead atoms. The molecule has 1 heteroatoms. The minimum atomic E-state index is 0.487. The molecule has 0 heterocycles. The van der Waals surface area contributed by atoms with Gasteiger partial charge < -0.3 is 4.74 Å². The predicted molar refractivity (Wildman–Crippen MR) is 87.1 cm³/mol. The van der Waals surface area contributed by atoms with Gasteiger partial charge in [-0.2, -0.15) is 0 Å². The van der Waals surface area contributed by atoms with Crippen molar-refractivity contribution < 1.29 is 4.74 Å². The highest BCUT2D eigenvalue weighted by atomic mass is 16.5. The van der Waals surface area contributed by atoms with Crippen molar-refractivity contribution >= 4 is 0 Å². The maximum Gasteiger partial charge on any atom is 0.0608 e. The van der Waals surface area contributed by atoms with Crippen molar-refractivity contribution in [3.05, 3.63) is 11.6 Å². The van der Waals surface area contributed by atoms with E-state index in [1.807, 2.05) is 7.11 Å². The summed E-state index contributed by atoms with van der Waals surface area (Å²) in [4.78, 5) is 0. The van der Waals surface area contributed by atoms with E-state index in [4.69, 9.17) is 4.74 Å². The second kappa shape index (κ2) is 4.85. The van der Waals surface area contributed by atoms with Gasteiger partial charge in [-0.25, -0.2) is 0 Å². The third kappa shape index (κ3) is 1.99. The molecule has 0 spiro atoms. The van der Waals surface area contributed by atoms with Crippen molar-refractivity contribution in [2.75, 3.05) is 7.11 Å². The molecule has 118 valence electrons. The van der Waals surface area contributed by atoms with Crippen molar-refractivity contribution in [1.29, 1.82) is 0 Å². The van der Waals surface area contributed by atoms with E-state index in [0.717, 1.165) is 17.8 Å².